The van der Waals surface area contributed by atoms with Gasteiger partial charge in [-0.15, -0.1) is 0 Å². The van der Waals surface area contributed by atoms with Crippen molar-refractivity contribution < 1.29 is 14.3 Å². The number of carbonyl (C=O) groups is 1. The molecular weight excluding hydrogens is 216 g/mol. The molecular formula is C11H5ClO3. The Bertz CT molecular complexity index is 587. The Hall–Kier alpha value is -1.92. The van der Waals surface area contributed by atoms with E-state index < -0.39 is 5.97 Å². The van der Waals surface area contributed by atoms with Gasteiger partial charge in [0, 0.05) is 22.4 Å². The molecule has 0 fully saturated rings. The van der Waals surface area contributed by atoms with E-state index in [1.807, 2.05) is 5.92 Å². The van der Waals surface area contributed by atoms with Crippen LogP contribution >= 0.6 is 11.6 Å². The number of aliphatic carboxylic acids is 1. The van der Waals surface area contributed by atoms with Gasteiger partial charge in [-0.05, 0) is 24.1 Å². The summed E-state index contributed by atoms with van der Waals surface area (Å²) < 4.78 is 5.28. The van der Waals surface area contributed by atoms with E-state index in [-0.39, 0.29) is 0 Å². The molecule has 2 aromatic rings. The lowest BCUT2D eigenvalue weighted by atomic mass is 10.2. The molecule has 1 heterocycles. The first-order chi connectivity index (χ1) is 7.15. The van der Waals surface area contributed by atoms with Gasteiger partial charge in [-0.2, -0.15) is 0 Å². The van der Waals surface area contributed by atoms with Crippen molar-refractivity contribution in [3.8, 4) is 11.8 Å². The van der Waals surface area contributed by atoms with Crippen LogP contribution in [-0.4, -0.2) is 11.1 Å². The highest BCUT2D eigenvalue weighted by atomic mass is 35.5. The van der Waals surface area contributed by atoms with Crippen molar-refractivity contribution in [2.45, 2.75) is 0 Å². The van der Waals surface area contributed by atoms with Crippen LogP contribution < -0.4 is 0 Å². The maximum atomic E-state index is 10.2. The summed E-state index contributed by atoms with van der Waals surface area (Å²) in [6.07, 6.45) is 0. The number of fused-ring (bicyclic) bond motifs is 1. The van der Waals surface area contributed by atoms with Crippen molar-refractivity contribution in [1.29, 1.82) is 0 Å². The number of rotatable bonds is 0. The second-order valence-corrected chi connectivity index (χ2v) is 3.28. The molecule has 0 atom stereocenters. The van der Waals surface area contributed by atoms with Crippen molar-refractivity contribution in [2.75, 3.05) is 0 Å². The molecule has 0 aliphatic rings. The maximum Gasteiger partial charge on any atom is 0.382 e. The Labute approximate surface area is 90.3 Å². The molecule has 2 rings (SSSR count). The SMILES string of the molecule is O=C(O)C#Cc1cc2cc(Cl)ccc2o1. The fourth-order valence-corrected chi connectivity index (χ4v) is 1.37. The summed E-state index contributed by atoms with van der Waals surface area (Å²) in [7, 11) is 0. The van der Waals surface area contributed by atoms with Crippen LogP contribution in [0.2, 0.25) is 5.02 Å². The number of furan rings is 1. The van der Waals surface area contributed by atoms with Gasteiger partial charge < -0.3 is 9.52 Å². The van der Waals surface area contributed by atoms with Crippen molar-refractivity contribution in [1.82, 2.24) is 0 Å². The molecule has 0 saturated heterocycles. The lowest BCUT2D eigenvalue weighted by molar-refractivity contribution is -0.130. The summed E-state index contributed by atoms with van der Waals surface area (Å²) in [5.74, 6) is 3.50. The number of halogens is 1. The third-order valence-corrected chi connectivity index (χ3v) is 2.01. The van der Waals surface area contributed by atoms with Crippen LogP contribution in [0.1, 0.15) is 5.76 Å². The Kier molecular flexibility index (Phi) is 2.36. The minimum absolute atomic E-state index is 0.315. The van der Waals surface area contributed by atoms with E-state index in [1.165, 1.54) is 0 Å². The molecule has 1 aromatic heterocycles. The van der Waals surface area contributed by atoms with Crippen LogP contribution in [0.3, 0.4) is 0 Å². The molecule has 0 aliphatic carbocycles. The zero-order valence-corrected chi connectivity index (χ0v) is 8.21. The predicted molar refractivity (Wildman–Crippen MR) is 55.7 cm³/mol. The van der Waals surface area contributed by atoms with Crippen LogP contribution in [-0.2, 0) is 4.79 Å². The second-order valence-electron chi connectivity index (χ2n) is 2.85. The molecule has 1 aromatic carbocycles. The molecule has 0 aliphatic heterocycles. The average molecular weight is 221 g/mol. The molecule has 4 heteroatoms. The minimum atomic E-state index is -1.19. The zero-order chi connectivity index (χ0) is 10.8. The van der Waals surface area contributed by atoms with Gasteiger partial charge in [0.05, 0.1) is 0 Å². The predicted octanol–water partition coefficient (Wildman–Crippen LogP) is 2.52. The third kappa shape index (κ3) is 2.12. The number of carboxylic acids is 1. The monoisotopic (exact) mass is 220 g/mol. The van der Waals surface area contributed by atoms with Crippen molar-refractivity contribution >= 4 is 28.5 Å². The topological polar surface area (TPSA) is 50.4 Å². The lowest BCUT2D eigenvalue weighted by Crippen LogP contribution is -1.86. The normalized spacial score (nSPS) is 9.67. The van der Waals surface area contributed by atoms with E-state index in [4.69, 9.17) is 21.1 Å². The van der Waals surface area contributed by atoms with Gasteiger partial charge in [0.1, 0.15) is 5.58 Å². The fraction of sp³-hybridized carbons (Fsp3) is 0. The Morgan fingerprint density at radius 2 is 2.20 bits per heavy atom. The lowest BCUT2D eigenvalue weighted by Gasteiger charge is -1.87. The summed E-state index contributed by atoms with van der Waals surface area (Å²) in [5, 5.41) is 9.76. The maximum absolute atomic E-state index is 10.2. The highest BCUT2D eigenvalue weighted by Crippen LogP contribution is 2.22. The average Bonchev–Trinajstić information content (AvgIpc) is 2.56. The Morgan fingerprint density at radius 3 is 2.93 bits per heavy atom. The van der Waals surface area contributed by atoms with Gasteiger partial charge in [-0.3, -0.25) is 0 Å². The molecule has 0 bridgehead atoms. The van der Waals surface area contributed by atoms with Gasteiger partial charge >= 0.3 is 5.97 Å². The van der Waals surface area contributed by atoms with E-state index in [0.717, 1.165) is 5.39 Å². The van der Waals surface area contributed by atoms with Crippen molar-refractivity contribution in [2.24, 2.45) is 0 Å². The molecule has 15 heavy (non-hydrogen) atoms. The van der Waals surface area contributed by atoms with Gasteiger partial charge in [-0.25, -0.2) is 4.79 Å². The molecule has 3 nitrogen and oxygen atoms in total. The van der Waals surface area contributed by atoms with Crippen LogP contribution in [0.15, 0.2) is 28.7 Å². The van der Waals surface area contributed by atoms with Gasteiger partial charge in [0.2, 0.25) is 0 Å². The second kappa shape index (κ2) is 3.68. The molecule has 0 unspecified atom stereocenters. The molecule has 0 spiro atoms. The molecule has 0 radical (unpaired) electrons. The number of hydrogen-bond donors (Lipinski definition) is 1. The van der Waals surface area contributed by atoms with Crippen LogP contribution in [0.25, 0.3) is 11.0 Å². The van der Waals surface area contributed by atoms with Crippen LogP contribution in [0, 0.1) is 11.8 Å². The largest absolute Gasteiger partial charge is 0.472 e. The summed E-state index contributed by atoms with van der Waals surface area (Å²) in [6.45, 7) is 0. The first-order valence-electron chi connectivity index (χ1n) is 4.09. The Morgan fingerprint density at radius 1 is 1.40 bits per heavy atom. The van der Waals surface area contributed by atoms with Gasteiger partial charge in [0.25, 0.3) is 0 Å². The van der Waals surface area contributed by atoms with Gasteiger partial charge in [0.15, 0.2) is 5.76 Å². The number of carboxylic acid groups (broad SMARTS) is 1. The van der Waals surface area contributed by atoms with E-state index in [0.29, 0.717) is 16.4 Å². The molecule has 0 amide bonds. The smallest absolute Gasteiger partial charge is 0.382 e. The fourth-order valence-electron chi connectivity index (χ4n) is 1.19. The third-order valence-electron chi connectivity index (χ3n) is 1.77. The van der Waals surface area contributed by atoms with E-state index in [9.17, 15) is 4.79 Å². The van der Waals surface area contributed by atoms with Gasteiger partial charge in [-0.1, -0.05) is 11.6 Å². The molecule has 1 N–H and O–H groups in total. The summed E-state index contributed by atoms with van der Waals surface area (Å²) in [6, 6.07) is 6.79. The number of hydrogen-bond acceptors (Lipinski definition) is 2. The van der Waals surface area contributed by atoms with Crippen molar-refractivity contribution in [3.63, 3.8) is 0 Å². The summed E-state index contributed by atoms with van der Waals surface area (Å²) in [5.41, 5.74) is 0.633. The van der Waals surface area contributed by atoms with Crippen LogP contribution in [0.4, 0.5) is 0 Å². The van der Waals surface area contributed by atoms with E-state index in [2.05, 4.69) is 5.92 Å². The summed E-state index contributed by atoms with van der Waals surface area (Å²) in [4.78, 5) is 10.2. The standard InChI is InChI=1S/C11H5ClO3/c12-8-1-3-10-7(5-8)6-9(15-10)2-4-11(13)14/h1,3,5-6H,(H,13,14). The van der Waals surface area contributed by atoms with Crippen LogP contribution in [0.5, 0.6) is 0 Å². The van der Waals surface area contributed by atoms with E-state index in [1.54, 1.807) is 24.3 Å². The quantitative estimate of drug-likeness (QED) is 0.694. The minimum Gasteiger partial charge on any atom is -0.472 e. The number of benzene rings is 1. The first-order valence-corrected chi connectivity index (χ1v) is 4.47. The summed E-state index contributed by atoms with van der Waals surface area (Å²) >= 11 is 5.78. The highest BCUT2D eigenvalue weighted by Gasteiger charge is 2.01. The Balaban J connectivity index is 2.49. The first kappa shape index (κ1) is 9.63. The molecule has 0 saturated carbocycles. The highest BCUT2D eigenvalue weighted by molar-refractivity contribution is 6.31. The van der Waals surface area contributed by atoms with Crippen molar-refractivity contribution in [3.05, 3.63) is 35.0 Å². The molecule has 74 valence electrons. The van der Waals surface area contributed by atoms with E-state index >= 15 is 0 Å². The zero-order valence-electron chi connectivity index (χ0n) is 7.45.